The van der Waals surface area contributed by atoms with Crippen LogP contribution in [0.1, 0.15) is 30.0 Å². The quantitative estimate of drug-likeness (QED) is 0.764. The maximum atomic E-state index is 13.3. The van der Waals surface area contributed by atoms with Gasteiger partial charge in [0.15, 0.2) is 0 Å². The molecule has 2 aliphatic rings. The smallest absolute Gasteiger partial charge is 0.317 e. The number of hydrogen-bond acceptors (Lipinski definition) is 4. The number of hydrogen-bond donors (Lipinski definition) is 2. The Hall–Kier alpha value is -2.44. The van der Waals surface area contributed by atoms with E-state index in [2.05, 4.69) is 23.8 Å². The summed E-state index contributed by atoms with van der Waals surface area (Å²) in [4.78, 5) is 16.2. The highest BCUT2D eigenvalue weighted by Gasteiger charge is 2.52. The SMILES string of the molecule is CN1CC[C@]2(C)c3cc(O)ccc3C[C@@H]1[C@H]2N(CCc1ccc(F)cc1)CC(=O)O. The number of likely N-dealkylation sites (N-methyl/N-ethyl adjacent to an activating group) is 1. The second-order valence-corrected chi connectivity index (χ2v) is 8.95. The minimum atomic E-state index is -0.847. The van der Waals surface area contributed by atoms with E-state index < -0.39 is 5.97 Å². The van der Waals surface area contributed by atoms with Crippen molar-refractivity contribution in [3.63, 3.8) is 0 Å². The number of aromatic hydroxyl groups is 1. The first-order valence-electron chi connectivity index (χ1n) is 10.5. The highest BCUT2D eigenvalue weighted by atomic mass is 19.1. The van der Waals surface area contributed by atoms with Crippen LogP contribution in [0.25, 0.3) is 0 Å². The zero-order chi connectivity index (χ0) is 21.5. The number of phenolic OH excluding ortho intramolecular Hbond substituents is 1. The summed E-state index contributed by atoms with van der Waals surface area (Å²) in [6.45, 7) is 3.68. The maximum absolute atomic E-state index is 13.3. The lowest BCUT2D eigenvalue weighted by Gasteiger charge is -2.58. The molecular weight excluding hydrogens is 383 g/mol. The Bertz CT molecular complexity index is 933. The van der Waals surface area contributed by atoms with Crippen LogP contribution in [0.4, 0.5) is 4.39 Å². The molecule has 2 N–H and O–H groups in total. The van der Waals surface area contributed by atoms with Crippen LogP contribution in [0.15, 0.2) is 42.5 Å². The number of carbonyl (C=O) groups is 1. The summed E-state index contributed by atoms with van der Waals surface area (Å²) < 4.78 is 13.3. The molecule has 1 aliphatic heterocycles. The average molecular weight is 413 g/mol. The van der Waals surface area contributed by atoms with Gasteiger partial charge >= 0.3 is 5.97 Å². The van der Waals surface area contributed by atoms with Crippen molar-refractivity contribution in [2.75, 3.05) is 26.7 Å². The van der Waals surface area contributed by atoms with Gasteiger partial charge in [-0.1, -0.05) is 25.1 Å². The van der Waals surface area contributed by atoms with Gasteiger partial charge in [0, 0.05) is 24.0 Å². The molecule has 0 aromatic heterocycles. The van der Waals surface area contributed by atoms with E-state index in [4.69, 9.17) is 0 Å². The Morgan fingerprint density at radius 1 is 1.27 bits per heavy atom. The van der Waals surface area contributed by atoms with Gasteiger partial charge in [0.1, 0.15) is 11.6 Å². The molecule has 1 fully saturated rings. The van der Waals surface area contributed by atoms with Gasteiger partial charge in [-0.25, -0.2) is 4.39 Å². The average Bonchev–Trinajstić information content (AvgIpc) is 2.70. The van der Waals surface area contributed by atoms with E-state index >= 15 is 0 Å². The van der Waals surface area contributed by atoms with Gasteiger partial charge in [-0.3, -0.25) is 9.69 Å². The van der Waals surface area contributed by atoms with Crippen LogP contribution in [-0.4, -0.2) is 64.7 Å². The van der Waals surface area contributed by atoms with Crippen LogP contribution in [-0.2, 0) is 23.1 Å². The van der Waals surface area contributed by atoms with Crippen LogP contribution in [0.3, 0.4) is 0 Å². The standard InChI is InChI=1S/C24H29FN2O3/c1-24-10-12-26(2)21(13-17-5-8-19(28)14-20(17)24)23(24)27(15-22(29)30)11-9-16-3-6-18(25)7-4-16/h3-8,14,21,23,28H,9-13,15H2,1-2H3,(H,29,30)/t21-,23-,24-/m1/s1. The minimum absolute atomic E-state index is 0.0158. The normalized spacial score (nSPS) is 25.9. The topological polar surface area (TPSA) is 64.0 Å². The first-order valence-corrected chi connectivity index (χ1v) is 10.5. The molecule has 0 amide bonds. The summed E-state index contributed by atoms with van der Waals surface area (Å²) in [5.74, 6) is -0.865. The van der Waals surface area contributed by atoms with Crippen LogP contribution in [0, 0.1) is 5.82 Å². The third-order valence-corrected chi connectivity index (χ3v) is 7.04. The number of phenols is 1. The van der Waals surface area contributed by atoms with Gasteiger partial charge in [-0.2, -0.15) is 0 Å². The second-order valence-electron chi connectivity index (χ2n) is 8.95. The van der Waals surface area contributed by atoms with E-state index in [0.717, 1.165) is 30.5 Å². The number of halogens is 1. The first-order chi connectivity index (χ1) is 14.3. The van der Waals surface area contributed by atoms with Gasteiger partial charge in [-0.05, 0) is 73.8 Å². The fraction of sp³-hybridized carbons (Fsp3) is 0.458. The van der Waals surface area contributed by atoms with Gasteiger partial charge in [-0.15, -0.1) is 0 Å². The molecule has 0 radical (unpaired) electrons. The van der Waals surface area contributed by atoms with E-state index in [0.29, 0.717) is 13.0 Å². The summed E-state index contributed by atoms with van der Waals surface area (Å²) >= 11 is 0. The predicted molar refractivity (Wildman–Crippen MR) is 113 cm³/mol. The lowest BCUT2D eigenvalue weighted by atomic mass is 9.61. The lowest BCUT2D eigenvalue weighted by Crippen LogP contribution is -2.67. The predicted octanol–water partition coefficient (Wildman–Crippen LogP) is 3.05. The van der Waals surface area contributed by atoms with Crippen LogP contribution in [0.2, 0.25) is 0 Å². The fourth-order valence-electron chi connectivity index (χ4n) is 5.51. The van der Waals surface area contributed by atoms with Crippen molar-refractivity contribution in [3.05, 3.63) is 65.0 Å². The molecule has 1 saturated heterocycles. The third-order valence-electron chi connectivity index (χ3n) is 7.04. The third kappa shape index (κ3) is 3.82. The molecule has 160 valence electrons. The zero-order valence-electron chi connectivity index (χ0n) is 17.5. The molecule has 1 aliphatic carbocycles. The molecule has 6 heteroatoms. The number of carboxylic acid groups (broad SMARTS) is 1. The summed E-state index contributed by atoms with van der Waals surface area (Å²) in [5.41, 5.74) is 3.11. The van der Waals surface area contributed by atoms with Gasteiger partial charge in [0.25, 0.3) is 0 Å². The molecule has 2 aromatic rings. The van der Waals surface area contributed by atoms with Gasteiger partial charge in [0.2, 0.25) is 0 Å². The van der Waals surface area contributed by atoms with Crippen molar-refractivity contribution < 1.29 is 19.4 Å². The molecule has 4 rings (SSSR count). The number of nitrogens with zero attached hydrogens (tertiary/aromatic N) is 2. The van der Waals surface area contributed by atoms with Crippen LogP contribution in [0.5, 0.6) is 5.75 Å². The molecule has 2 aromatic carbocycles. The molecular formula is C24H29FN2O3. The Balaban J connectivity index is 1.69. The Kier molecular flexibility index (Phi) is 5.55. The molecule has 0 unspecified atom stereocenters. The summed E-state index contributed by atoms with van der Waals surface area (Å²) in [5, 5.41) is 19.8. The van der Waals surface area contributed by atoms with E-state index in [-0.39, 0.29) is 35.6 Å². The molecule has 1 heterocycles. The highest BCUT2D eigenvalue weighted by Crippen LogP contribution is 2.47. The van der Waals surface area contributed by atoms with Crippen molar-refractivity contribution in [2.45, 2.75) is 43.7 Å². The number of rotatable bonds is 6. The summed E-state index contributed by atoms with van der Waals surface area (Å²) in [6, 6.07) is 12.2. The molecule has 0 saturated carbocycles. The monoisotopic (exact) mass is 412 g/mol. The number of fused-ring (bicyclic) bond motifs is 4. The maximum Gasteiger partial charge on any atom is 0.317 e. The van der Waals surface area contributed by atoms with E-state index in [9.17, 15) is 19.4 Å². The molecule has 0 spiro atoms. The van der Waals surface area contributed by atoms with Gasteiger partial charge < -0.3 is 15.1 Å². The Labute approximate surface area is 176 Å². The van der Waals surface area contributed by atoms with E-state index in [1.54, 1.807) is 18.2 Å². The van der Waals surface area contributed by atoms with Crippen LogP contribution >= 0.6 is 0 Å². The highest BCUT2D eigenvalue weighted by molar-refractivity contribution is 5.69. The van der Waals surface area contributed by atoms with Gasteiger partial charge in [0.05, 0.1) is 6.54 Å². The Morgan fingerprint density at radius 3 is 2.70 bits per heavy atom. The first kappa shape index (κ1) is 20.8. The van der Waals surface area contributed by atoms with Crippen molar-refractivity contribution in [2.24, 2.45) is 0 Å². The summed E-state index contributed by atoms with van der Waals surface area (Å²) in [6.07, 6.45) is 2.39. The molecule has 3 atom stereocenters. The number of benzene rings is 2. The lowest BCUT2D eigenvalue weighted by molar-refractivity contribution is -0.140. The van der Waals surface area contributed by atoms with E-state index in [1.807, 2.05) is 12.1 Å². The van der Waals surface area contributed by atoms with Crippen molar-refractivity contribution in [3.8, 4) is 5.75 Å². The zero-order valence-corrected chi connectivity index (χ0v) is 17.5. The number of piperidine rings is 1. The molecule has 2 bridgehead atoms. The largest absolute Gasteiger partial charge is 0.508 e. The number of carboxylic acids is 1. The number of aliphatic carboxylic acids is 1. The van der Waals surface area contributed by atoms with E-state index in [1.165, 1.54) is 17.7 Å². The number of likely N-dealkylation sites (tertiary alicyclic amines) is 1. The minimum Gasteiger partial charge on any atom is -0.508 e. The summed E-state index contributed by atoms with van der Waals surface area (Å²) in [7, 11) is 2.11. The van der Waals surface area contributed by atoms with Crippen molar-refractivity contribution in [1.29, 1.82) is 0 Å². The molecule has 30 heavy (non-hydrogen) atoms. The molecule has 5 nitrogen and oxygen atoms in total. The van der Waals surface area contributed by atoms with Crippen molar-refractivity contribution in [1.82, 2.24) is 9.80 Å². The second kappa shape index (κ2) is 8.00. The van der Waals surface area contributed by atoms with Crippen molar-refractivity contribution >= 4 is 5.97 Å². The van der Waals surface area contributed by atoms with Crippen LogP contribution < -0.4 is 0 Å². The fourth-order valence-corrected chi connectivity index (χ4v) is 5.51. The Morgan fingerprint density at radius 2 is 2.00 bits per heavy atom.